The number of aromatic nitrogens is 2. The standard InChI is InChI=1S/C34H28N8O2/c35-33(43)41-39-29(25-15-7-11-21-9-1-3-13-23(21)25)19-31-32(38-28-18-6-5-17-27(28)37-31)20-30(40-42-34(36)44)26-16-8-12-22-10-2-4-14-24(22)26/h1-18H,19-20H2,(H3,35,41,43)(H3,36,42,44)/b39-29-,40-30+. The Morgan fingerprint density at radius 3 is 1.36 bits per heavy atom. The van der Waals surface area contributed by atoms with Gasteiger partial charge in [-0.2, -0.15) is 10.2 Å². The van der Waals surface area contributed by atoms with Crippen LogP contribution in [0.1, 0.15) is 22.5 Å². The lowest BCUT2D eigenvalue weighted by Gasteiger charge is -2.15. The summed E-state index contributed by atoms with van der Waals surface area (Å²) in [6.45, 7) is 0. The third kappa shape index (κ3) is 6.04. The van der Waals surface area contributed by atoms with E-state index in [-0.39, 0.29) is 12.8 Å². The van der Waals surface area contributed by atoms with Crippen molar-refractivity contribution in [3.63, 3.8) is 0 Å². The van der Waals surface area contributed by atoms with E-state index in [0.717, 1.165) is 32.7 Å². The monoisotopic (exact) mass is 580 g/mol. The van der Waals surface area contributed by atoms with Gasteiger partial charge in [0.15, 0.2) is 0 Å². The van der Waals surface area contributed by atoms with Crippen molar-refractivity contribution in [3.05, 3.63) is 132 Å². The maximum Gasteiger partial charge on any atom is 0.332 e. The Morgan fingerprint density at radius 1 is 0.545 bits per heavy atom. The number of amides is 4. The zero-order chi connectivity index (χ0) is 30.5. The number of benzene rings is 5. The van der Waals surface area contributed by atoms with E-state index >= 15 is 0 Å². The number of nitrogens with zero attached hydrogens (tertiary/aromatic N) is 4. The number of nitrogens with two attached hydrogens (primary N) is 2. The number of primary amides is 2. The number of para-hydroxylation sites is 2. The molecule has 0 saturated carbocycles. The predicted molar refractivity (Wildman–Crippen MR) is 173 cm³/mol. The first-order valence-corrected chi connectivity index (χ1v) is 13.9. The number of carbonyl (C=O) groups is 2. The lowest BCUT2D eigenvalue weighted by Crippen LogP contribution is -2.27. The molecule has 0 aliphatic heterocycles. The zero-order valence-electron chi connectivity index (χ0n) is 23.6. The Bertz CT molecular complexity index is 1940. The normalized spacial score (nSPS) is 12.0. The summed E-state index contributed by atoms with van der Waals surface area (Å²) in [6.07, 6.45) is 0.432. The van der Waals surface area contributed by atoms with Crippen LogP contribution in [0, 0.1) is 0 Å². The Balaban J connectivity index is 1.50. The highest BCUT2D eigenvalue weighted by atomic mass is 16.2. The fourth-order valence-corrected chi connectivity index (χ4v) is 5.26. The van der Waals surface area contributed by atoms with Gasteiger partial charge >= 0.3 is 12.1 Å². The van der Waals surface area contributed by atoms with Crippen LogP contribution in [-0.4, -0.2) is 33.5 Å². The highest BCUT2D eigenvalue weighted by Gasteiger charge is 2.19. The van der Waals surface area contributed by atoms with Crippen LogP contribution in [0.15, 0.2) is 119 Å². The van der Waals surface area contributed by atoms with E-state index in [1.54, 1.807) is 0 Å². The average Bonchev–Trinajstić information content (AvgIpc) is 3.04. The van der Waals surface area contributed by atoms with Crippen molar-refractivity contribution < 1.29 is 9.59 Å². The largest absolute Gasteiger partial charge is 0.350 e. The molecular formula is C34H28N8O2. The molecule has 0 atom stereocenters. The number of fused-ring (bicyclic) bond motifs is 3. The maximum atomic E-state index is 11.7. The summed E-state index contributed by atoms with van der Waals surface area (Å²) < 4.78 is 0. The molecular weight excluding hydrogens is 552 g/mol. The summed E-state index contributed by atoms with van der Waals surface area (Å²) >= 11 is 0. The van der Waals surface area contributed by atoms with E-state index in [0.29, 0.717) is 33.8 Å². The SMILES string of the molecule is NC(=O)N/N=C(/Cc1nc2ccccc2nc1C/C(=N\NC(N)=O)c1cccc2ccccc12)c1cccc2ccccc12. The van der Waals surface area contributed by atoms with Gasteiger partial charge in [0, 0.05) is 24.0 Å². The molecule has 0 aliphatic rings. The van der Waals surface area contributed by atoms with Crippen LogP contribution in [-0.2, 0) is 12.8 Å². The molecule has 0 aliphatic carbocycles. The number of hydrazone groups is 2. The fourth-order valence-electron chi connectivity index (χ4n) is 5.26. The second-order valence-electron chi connectivity index (χ2n) is 10.1. The Hall–Kier alpha value is -6.16. The molecule has 10 nitrogen and oxygen atoms in total. The first kappa shape index (κ1) is 28.0. The molecule has 1 heterocycles. The van der Waals surface area contributed by atoms with Gasteiger partial charge in [0.25, 0.3) is 0 Å². The minimum atomic E-state index is -0.782. The summed E-state index contributed by atoms with van der Waals surface area (Å²) in [7, 11) is 0. The molecule has 1 aromatic heterocycles. The van der Waals surface area contributed by atoms with E-state index in [4.69, 9.17) is 21.4 Å². The molecule has 10 heteroatoms. The van der Waals surface area contributed by atoms with Gasteiger partial charge in [0.05, 0.1) is 33.8 Å². The molecule has 4 amide bonds. The molecule has 6 N–H and O–H groups in total. The van der Waals surface area contributed by atoms with Crippen molar-refractivity contribution in [2.75, 3.05) is 0 Å². The van der Waals surface area contributed by atoms with Crippen LogP contribution in [0.25, 0.3) is 32.6 Å². The van der Waals surface area contributed by atoms with Crippen LogP contribution < -0.4 is 22.3 Å². The molecule has 0 bridgehead atoms. The van der Waals surface area contributed by atoms with E-state index in [1.165, 1.54) is 0 Å². The quantitative estimate of drug-likeness (QED) is 0.144. The third-order valence-corrected chi connectivity index (χ3v) is 7.20. The van der Waals surface area contributed by atoms with Gasteiger partial charge in [-0.1, -0.05) is 97.1 Å². The lowest BCUT2D eigenvalue weighted by molar-refractivity contribution is 0.248. The van der Waals surface area contributed by atoms with Crippen LogP contribution in [0.4, 0.5) is 9.59 Å². The van der Waals surface area contributed by atoms with Crippen molar-refractivity contribution in [3.8, 4) is 0 Å². The lowest BCUT2D eigenvalue weighted by atomic mass is 9.95. The summed E-state index contributed by atoms with van der Waals surface area (Å²) in [4.78, 5) is 33.5. The minimum absolute atomic E-state index is 0.216. The summed E-state index contributed by atoms with van der Waals surface area (Å²) in [6, 6.07) is 33.6. The van der Waals surface area contributed by atoms with Gasteiger partial charge in [0.1, 0.15) is 0 Å². The molecule has 0 spiro atoms. The first-order chi connectivity index (χ1) is 21.5. The predicted octanol–water partition coefficient (Wildman–Crippen LogP) is 5.17. The second-order valence-corrected chi connectivity index (χ2v) is 10.1. The number of urea groups is 2. The molecule has 6 rings (SSSR count). The van der Waals surface area contributed by atoms with Crippen LogP contribution in [0.5, 0.6) is 0 Å². The number of rotatable bonds is 8. The molecule has 44 heavy (non-hydrogen) atoms. The second kappa shape index (κ2) is 12.4. The van der Waals surface area contributed by atoms with Crippen molar-refractivity contribution in [1.82, 2.24) is 20.8 Å². The van der Waals surface area contributed by atoms with Crippen LogP contribution >= 0.6 is 0 Å². The van der Waals surface area contributed by atoms with Crippen molar-refractivity contribution >= 4 is 56.1 Å². The molecule has 216 valence electrons. The van der Waals surface area contributed by atoms with Gasteiger partial charge in [0.2, 0.25) is 0 Å². The van der Waals surface area contributed by atoms with Gasteiger partial charge in [-0.15, -0.1) is 0 Å². The first-order valence-electron chi connectivity index (χ1n) is 13.9. The van der Waals surface area contributed by atoms with E-state index in [1.807, 2.05) is 109 Å². The van der Waals surface area contributed by atoms with Crippen molar-refractivity contribution in [2.24, 2.45) is 21.7 Å². The van der Waals surface area contributed by atoms with E-state index in [2.05, 4.69) is 21.1 Å². The highest BCUT2D eigenvalue weighted by Crippen LogP contribution is 2.25. The van der Waals surface area contributed by atoms with Crippen LogP contribution in [0.3, 0.4) is 0 Å². The number of nitrogens with one attached hydrogen (secondary N) is 2. The minimum Gasteiger partial charge on any atom is -0.350 e. The molecule has 0 radical (unpaired) electrons. The van der Waals surface area contributed by atoms with Gasteiger partial charge in [-0.25, -0.2) is 30.4 Å². The smallest absolute Gasteiger partial charge is 0.332 e. The van der Waals surface area contributed by atoms with Gasteiger partial charge in [-0.05, 0) is 33.7 Å². The fraction of sp³-hybridized carbons (Fsp3) is 0.0588. The average molecular weight is 581 g/mol. The van der Waals surface area contributed by atoms with Gasteiger partial charge in [-0.3, -0.25) is 0 Å². The third-order valence-electron chi connectivity index (χ3n) is 7.20. The molecule has 5 aromatic carbocycles. The Kier molecular flexibility index (Phi) is 7.87. The molecule has 0 unspecified atom stereocenters. The summed E-state index contributed by atoms with van der Waals surface area (Å²) in [5, 5.41) is 12.8. The number of hydrogen-bond donors (Lipinski definition) is 4. The van der Waals surface area contributed by atoms with Crippen LogP contribution in [0.2, 0.25) is 0 Å². The topological polar surface area (TPSA) is 161 Å². The molecule has 0 fully saturated rings. The summed E-state index contributed by atoms with van der Waals surface area (Å²) in [5.74, 6) is 0. The van der Waals surface area contributed by atoms with Crippen molar-refractivity contribution in [2.45, 2.75) is 12.8 Å². The van der Waals surface area contributed by atoms with Gasteiger partial charge < -0.3 is 11.5 Å². The summed E-state index contributed by atoms with van der Waals surface area (Å²) in [5.41, 5.74) is 21.0. The number of hydrogen-bond acceptors (Lipinski definition) is 6. The maximum absolute atomic E-state index is 11.7. The van der Waals surface area contributed by atoms with Crippen molar-refractivity contribution in [1.29, 1.82) is 0 Å². The number of carbonyl (C=O) groups excluding carboxylic acids is 2. The van der Waals surface area contributed by atoms with E-state index < -0.39 is 12.1 Å². The molecule has 6 aromatic rings. The Labute approximate surface area is 252 Å². The Morgan fingerprint density at radius 2 is 0.932 bits per heavy atom. The highest BCUT2D eigenvalue weighted by molar-refractivity contribution is 6.13. The van der Waals surface area contributed by atoms with E-state index in [9.17, 15) is 9.59 Å². The zero-order valence-corrected chi connectivity index (χ0v) is 23.6. The molecule has 0 saturated heterocycles.